The van der Waals surface area contributed by atoms with E-state index in [4.69, 9.17) is 4.74 Å². The zero-order valence-corrected chi connectivity index (χ0v) is 10.3. The van der Waals surface area contributed by atoms with Crippen molar-refractivity contribution in [2.75, 3.05) is 13.7 Å². The van der Waals surface area contributed by atoms with Crippen LogP contribution < -0.4 is 0 Å². The molecule has 1 N–H and O–H groups in total. The maximum absolute atomic E-state index is 10.4. The summed E-state index contributed by atoms with van der Waals surface area (Å²) in [6.45, 7) is 0.331. The van der Waals surface area contributed by atoms with E-state index in [1.165, 1.54) is 11.3 Å². The van der Waals surface area contributed by atoms with E-state index in [1.54, 1.807) is 7.11 Å². The Balaban J connectivity index is 2.25. The summed E-state index contributed by atoms with van der Waals surface area (Å²) >= 11 is 4.77. The Labute approximate surface area is 95.3 Å². The lowest BCUT2D eigenvalue weighted by molar-refractivity contribution is -0.0534. The van der Waals surface area contributed by atoms with Crippen molar-refractivity contribution in [3.63, 3.8) is 0 Å². The van der Waals surface area contributed by atoms with Crippen molar-refractivity contribution in [1.82, 2.24) is 4.98 Å². The Morgan fingerprint density at radius 1 is 1.79 bits per heavy atom. The second-order valence-corrected chi connectivity index (χ2v) is 5.28. The maximum Gasteiger partial charge on any atom is 0.142 e. The molecule has 1 aliphatic carbocycles. The molecule has 1 heterocycles. The van der Waals surface area contributed by atoms with E-state index < -0.39 is 5.60 Å². The standard InChI is InChI=1S/C9H12BrNO2S/c1-13-5-9(12,6-2-3-6)8-11-7(10)4-14-8/h4,6,12H,2-3,5H2,1H3. The topological polar surface area (TPSA) is 42.4 Å². The first-order valence-electron chi connectivity index (χ1n) is 4.49. The second kappa shape index (κ2) is 3.89. The van der Waals surface area contributed by atoms with Gasteiger partial charge in [0.05, 0.1) is 6.61 Å². The van der Waals surface area contributed by atoms with E-state index in [9.17, 15) is 5.11 Å². The molecule has 14 heavy (non-hydrogen) atoms. The fraction of sp³-hybridized carbons (Fsp3) is 0.667. The summed E-state index contributed by atoms with van der Waals surface area (Å²) in [5, 5.41) is 13.1. The van der Waals surface area contributed by atoms with Gasteiger partial charge in [-0.3, -0.25) is 0 Å². The normalized spacial score (nSPS) is 20.8. The second-order valence-electron chi connectivity index (χ2n) is 3.61. The average molecular weight is 278 g/mol. The minimum absolute atomic E-state index is 0.320. The molecule has 3 nitrogen and oxygen atoms in total. The van der Waals surface area contributed by atoms with Crippen LogP contribution in [0.5, 0.6) is 0 Å². The van der Waals surface area contributed by atoms with Crippen LogP contribution in [0.1, 0.15) is 17.8 Å². The van der Waals surface area contributed by atoms with Crippen molar-refractivity contribution in [3.05, 3.63) is 15.0 Å². The highest BCUT2D eigenvalue weighted by Gasteiger charge is 2.47. The number of aromatic nitrogens is 1. The Bertz CT molecular complexity index is 326. The van der Waals surface area contributed by atoms with Crippen LogP contribution in [-0.4, -0.2) is 23.8 Å². The average Bonchev–Trinajstić information content (AvgIpc) is 2.90. The monoisotopic (exact) mass is 277 g/mol. The molecule has 0 bridgehead atoms. The highest BCUT2D eigenvalue weighted by molar-refractivity contribution is 9.10. The molecule has 0 saturated heterocycles. The molecule has 0 spiro atoms. The molecule has 0 aliphatic heterocycles. The molecule has 1 aromatic rings. The van der Waals surface area contributed by atoms with Crippen LogP contribution in [0.3, 0.4) is 0 Å². The summed E-state index contributed by atoms with van der Waals surface area (Å²) in [7, 11) is 1.61. The van der Waals surface area contributed by atoms with E-state index >= 15 is 0 Å². The molecule has 1 unspecified atom stereocenters. The molecule has 5 heteroatoms. The first-order chi connectivity index (χ1) is 6.66. The summed E-state index contributed by atoms with van der Waals surface area (Å²) < 4.78 is 5.86. The maximum atomic E-state index is 10.4. The number of halogens is 1. The van der Waals surface area contributed by atoms with Crippen LogP contribution in [0.2, 0.25) is 0 Å². The number of hydrogen-bond acceptors (Lipinski definition) is 4. The molecule has 1 aliphatic rings. The zero-order valence-electron chi connectivity index (χ0n) is 7.86. The van der Waals surface area contributed by atoms with Gasteiger partial charge in [-0.05, 0) is 34.7 Å². The van der Waals surface area contributed by atoms with Crippen LogP contribution in [-0.2, 0) is 10.3 Å². The fourth-order valence-electron chi connectivity index (χ4n) is 1.59. The van der Waals surface area contributed by atoms with Crippen LogP contribution in [0, 0.1) is 5.92 Å². The number of thiazole rings is 1. The molecule has 1 saturated carbocycles. The van der Waals surface area contributed by atoms with Gasteiger partial charge in [0.2, 0.25) is 0 Å². The van der Waals surface area contributed by atoms with Crippen molar-refractivity contribution in [2.24, 2.45) is 5.92 Å². The molecule has 0 aromatic carbocycles. The van der Waals surface area contributed by atoms with Gasteiger partial charge in [0, 0.05) is 12.5 Å². The zero-order chi connectivity index (χ0) is 10.2. The number of aliphatic hydroxyl groups is 1. The molecule has 0 radical (unpaired) electrons. The van der Waals surface area contributed by atoms with E-state index in [1.807, 2.05) is 5.38 Å². The SMILES string of the molecule is COCC(O)(c1nc(Br)cs1)C1CC1. The van der Waals surface area contributed by atoms with Gasteiger partial charge in [-0.1, -0.05) is 0 Å². The minimum Gasteiger partial charge on any atom is -0.381 e. The third-order valence-corrected chi connectivity index (χ3v) is 4.18. The predicted octanol–water partition coefficient (Wildman–Crippen LogP) is 2.15. The van der Waals surface area contributed by atoms with Crippen LogP contribution in [0.4, 0.5) is 0 Å². The summed E-state index contributed by atoms with van der Waals surface area (Å²) in [6, 6.07) is 0. The van der Waals surface area contributed by atoms with Crippen LogP contribution in [0.15, 0.2) is 9.98 Å². The van der Waals surface area contributed by atoms with E-state index in [-0.39, 0.29) is 0 Å². The third kappa shape index (κ3) is 1.86. The number of methoxy groups -OCH3 is 1. The van der Waals surface area contributed by atoms with Crippen LogP contribution >= 0.6 is 27.3 Å². The Morgan fingerprint density at radius 2 is 2.50 bits per heavy atom. The first kappa shape index (κ1) is 10.5. The molecular formula is C9H12BrNO2S. The van der Waals surface area contributed by atoms with Crippen molar-refractivity contribution in [3.8, 4) is 0 Å². The number of ether oxygens (including phenoxy) is 1. The fourth-order valence-corrected chi connectivity index (χ4v) is 3.01. The molecule has 1 atom stereocenters. The minimum atomic E-state index is -0.870. The quantitative estimate of drug-likeness (QED) is 0.917. The van der Waals surface area contributed by atoms with Gasteiger partial charge >= 0.3 is 0 Å². The van der Waals surface area contributed by atoms with E-state index in [0.29, 0.717) is 12.5 Å². The summed E-state index contributed by atoms with van der Waals surface area (Å²) in [5.74, 6) is 0.320. The molecule has 2 rings (SSSR count). The summed E-state index contributed by atoms with van der Waals surface area (Å²) in [4.78, 5) is 4.27. The smallest absolute Gasteiger partial charge is 0.142 e. The van der Waals surface area contributed by atoms with Gasteiger partial charge in [-0.2, -0.15) is 0 Å². The van der Waals surface area contributed by atoms with Gasteiger partial charge in [0.1, 0.15) is 15.2 Å². The molecule has 78 valence electrons. The van der Waals surface area contributed by atoms with Crippen molar-refractivity contribution in [2.45, 2.75) is 18.4 Å². The predicted molar refractivity (Wildman–Crippen MR) is 58.3 cm³/mol. The number of hydrogen-bond donors (Lipinski definition) is 1. The van der Waals surface area contributed by atoms with Crippen molar-refractivity contribution >= 4 is 27.3 Å². The van der Waals surface area contributed by atoms with Gasteiger partial charge in [-0.25, -0.2) is 4.98 Å². The molecule has 1 fully saturated rings. The number of nitrogens with zero attached hydrogens (tertiary/aromatic N) is 1. The van der Waals surface area contributed by atoms with Gasteiger partial charge in [0.15, 0.2) is 0 Å². The van der Waals surface area contributed by atoms with E-state index in [0.717, 1.165) is 22.5 Å². The molecule has 0 amide bonds. The summed E-state index contributed by atoms with van der Waals surface area (Å²) in [6.07, 6.45) is 2.13. The largest absolute Gasteiger partial charge is 0.381 e. The number of rotatable bonds is 4. The Kier molecular flexibility index (Phi) is 2.93. The van der Waals surface area contributed by atoms with Gasteiger partial charge in [-0.15, -0.1) is 11.3 Å². The van der Waals surface area contributed by atoms with Crippen molar-refractivity contribution in [1.29, 1.82) is 0 Å². The Hall–Kier alpha value is 0.0300. The lowest BCUT2D eigenvalue weighted by Gasteiger charge is -2.24. The highest BCUT2D eigenvalue weighted by atomic mass is 79.9. The highest BCUT2D eigenvalue weighted by Crippen LogP contribution is 2.46. The molecular weight excluding hydrogens is 266 g/mol. The van der Waals surface area contributed by atoms with Crippen LogP contribution in [0.25, 0.3) is 0 Å². The lowest BCUT2D eigenvalue weighted by Crippen LogP contribution is -2.33. The van der Waals surface area contributed by atoms with Crippen molar-refractivity contribution < 1.29 is 9.84 Å². The van der Waals surface area contributed by atoms with E-state index in [2.05, 4.69) is 20.9 Å². The lowest BCUT2D eigenvalue weighted by atomic mass is 10.0. The van der Waals surface area contributed by atoms with Gasteiger partial charge < -0.3 is 9.84 Å². The third-order valence-electron chi connectivity index (χ3n) is 2.46. The molecule has 1 aromatic heterocycles. The summed E-state index contributed by atoms with van der Waals surface area (Å²) in [5.41, 5.74) is -0.870. The van der Waals surface area contributed by atoms with Gasteiger partial charge in [0.25, 0.3) is 0 Å². The first-order valence-corrected chi connectivity index (χ1v) is 6.17. The Morgan fingerprint density at radius 3 is 2.93 bits per heavy atom.